The molecule has 2 aromatic rings. The van der Waals surface area contributed by atoms with Crippen molar-refractivity contribution in [3.05, 3.63) is 12.7 Å². The van der Waals surface area contributed by atoms with E-state index in [4.69, 9.17) is 10.5 Å². The van der Waals surface area contributed by atoms with Crippen molar-refractivity contribution in [3.63, 3.8) is 0 Å². The van der Waals surface area contributed by atoms with Crippen LogP contribution in [-0.4, -0.2) is 85.7 Å². The van der Waals surface area contributed by atoms with Crippen molar-refractivity contribution >= 4 is 17.0 Å². The number of fused-ring (bicyclic) bond motifs is 1. The van der Waals surface area contributed by atoms with Gasteiger partial charge in [0.1, 0.15) is 30.2 Å². The maximum Gasteiger partial charge on any atom is 0.167 e. The molecule has 3 aliphatic rings. The molecule has 5 heterocycles. The van der Waals surface area contributed by atoms with Crippen LogP contribution >= 0.6 is 0 Å². The number of rotatable bonds is 3. The quantitative estimate of drug-likeness (QED) is 0.527. The molecular formula is C18H27N7O3. The lowest BCUT2D eigenvalue weighted by Gasteiger charge is -2.39. The number of nitrogens with zero attached hydrogens (tertiary/aromatic N) is 5. The minimum atomic E-state index is -1.06. The lowest BCUT2D eigenvalue weighted by molar-refractivity contribution is -0.0487. The number of aromatic nitrogens is 4. The molecule has 3 saturated heterocycles. The molecule has 10 heteroatoms. The number of aliphatic hydroxyl groups excluding tert-OH is 2. The Hall–Kier alpha value is -1.85. The van der Waals surface area contributed by atoms with Crippen molar-refractivity contribution in [3.8, 4) is 0 Å². The van der Waals surface area contributed by atoms with Gasteiger partial charge in [0, 0.05) is 13.1 Å². The number of aliphatic hydroxyl groups is 2. The zero-order chi connectivity index (χ0) is 19.3. The van der Waals surface area contributed by atoms with Gasteiger partial charge in [-0.1, -0.05) is 0 Å². The van der Waals surface area contributed by atoms with Crippen molar-refractivity contribution in [1.82, 2.24) is 29.7 Å². The highest BCUT2D eigenvalue weighted by Gasteiger charge is 2.46. The molecule has 0 radical (unpaired) electrons. The van der Waals surface area contributed by atoms with E-state index in [0.29, 0.717) is 23.1 Å². The van der Waals surface area contributed by atoms with Gasteiger partial charge in [-0.05, 0) is 44.3 Å². The second-order valence-corrected chi connectivity index (χ2v) is 8.36. The molecule has 0 aliphatic carbocycles. The summed E-state index contributed by atoms with van der Waals surface area (Å²) in [5.41, 5.74) is 7.23. The van der Waals surface area contributed by atoms with Crippen LogP contribution in [0.2, 0.25) is 0 Å². The number of imidazole rings is 1. The topological polar surface area (TPSA) is 135 Å². The third kappa shape index (κ3) is 2.96. The van der Waals surface area contributed by atoms with E-state index in [-0.39, 0.29) is 5.82 Å². The molecule has 0 amide bonds. The number of nitrogen functional groups attached to an aromatic ring is 1. The molecule has 28 heavy (non-hydrogen) atoms. The summed E-state index contributed by atoms with van der Waals surface area (Å²) >= 11 is 0. The average Bonchev–Trinajstić information content (AvgIpc) is 3.39. The smallest absolute Gasteiger partial charge is 0.167 e. The Kier molecular flexibility index (Phi) is 4.48. The van der Waals surface area contributed by atoms with Crippen LogP contribution in [0.4, 0.5) is 5.82 Å². The van der Waals surface area contributed by atoms with Crippen LogP contribution in [0.15, 0.2) is 12.7 Å². The van der Waals surface area contributed by atoms with Crippen molar-refractivity contribution in [2.75, 3.05) is 38.5 Å². The molecule has 5 N–H and O–H groups in total. The van der Waals surface area contributed by atoms with Crippen LogP contribution in [0.3, 0.4) is 0 Å². The highest BCUT2D eigenvalue weighted by molar-refractivity contribution is 5.81. The number of nitrogens with two attached hydrogens (primary N) is 1. The largest absolute Gasteiger partial charge is 0.387 e. The number of nitrogens with one attached hydrogen (secondary N) is 1. The van der Waals surface area contributed by atoms with Crippen LogP contribution in [0.1, 0.15) is 25.5 Å². The molecule has 0 saturated carbocycles. The molecule has 0 unspecified atom stereocenters. The minimum Gasteiger partial charge on any atom is -0.387 e. The van der Waals surface area contributed by atoms with Gasteiger partial charge in [-0.15, -0.1) is 0 Å². The van der Waals surface area contributed by atoms with E-state index >= 15 is 0 Å². The molecule has 5 rings (SSSR count). The molecule has 3 aliphatic heterocycles. The summed E-state index contributed by atoms with van der Waals surface area (Å²) in [4.78, 5) is 14.7. The lowest BCUT2D eigenvalue weighted by atomic mass is 9.78. The standard InChI is InChI=1S/C18H27N7O3/c19-15-12-16(22-9-21-15)25(10-23-12)17-14(27)13(26)11(28-17)7-24-5-2-18(3-6-24)1-4-20-8-18/h9-11,13-14,17,20,26-27H,1-8H2,(H2,19,21,22)/t11-,13-,14-,17-/m1/s1. The van der Waals surface area contributed by atoms with Crippen molar-refractivity contribution < 1.29 is 14.9 Å². The van der Waals surface area contributed by atoms with E-state index in [1.54, 1.807) is 4.57 Å². The average molecular weight is 389 g/mol. The Morgan fingerprint density at radius 3 is 2.75 bits per heavy atom. The van der Waals surface area contributed by atoms with Gasteiger partial charge >= 0.3 is 0 Å². The first kappa shape index (κ1) is 18.2. The van der Waals surface area contributed by atoms with E-state index in [2.05, 4.69) is 25.2 Å². The predicted octanol–water partition coefficient (Wildman–Crippen LogP) is -0.897. The van der Waals surface area contributed by atoms with Gasteiger partial charge in [-0.3, -0.25) is 4.57 Å². The second kappa shape index (κ2) is 6.89. The molecule has 0 aromatic carbocycles. The SMILES string of the molecule is Nc1ncnc2c1ncn2[C@@H]1O[C@H](CN2CCC3(CCNC3)CC2)[C@@H](O)[C@H]1O. The highest BCUT2D eigenvalue weighted by Crippen LogP contribution is 2.38. The number of ether oxygens (including phenoxy) is 1. The molecule has 10 nitrogen and oxygen atoms in total. The molecule has 4 atom stereocenters. The third-order valence-electron chi connectivity index (χ3n) is 6.69. The summed E-state index contributed by atoms with van der Waals surface area (Å²) in [5, 5.41) is 24.7. The van der Waals surface area contributed by atoms with Crippen LogP contribution < -0.4 is 11.1 Å². The highest BCUT2D eigenvalue weighted by atomic mass is 16.6. The maximum absolute atomic E-state index is 10.6. The Morgan fingerprint density at radius 1 is 1.18 bits per heavy atom. The maximum atomic E-state index is 10.6. The number of hydrogen-bond acceptors (Lipinski definition) is 9. The van der Waals surface area contributed by atoms with Gasteiger partial charge in [0.2, 0.25) is 0 Å². The fourth-order valence-corrected chi connectivity index (χ4v) is 4.85. The van der Waals surface area contributed by atoms with Gasteiger partial charge in [0.15, 0.2) is 17.7 Å². The van der Waals surface area contributed by atoms with Crippen LogP contribution in [-0.2, 0) is 4.74 Å². The summed E-state index contributed by atoms with van der Waals surface area (Å²) < 4.78 is 7.69. The number of anilines is 1. The molecule has 152 valence electrons. The van der Waals surface area contributed by atoms with Gasteiger partial charge in [0.25, 0.3) is 0 Å². The zero-order valence-electron chi connectivity index (χ0n) is 15.7. The Morgan fingerprint density at radius 2 is 2.00 bits per heavy atom. The Balaban J connectivity index is 1.28. The molecule has 1 spiro atoms. The number of hydrogen-bond donors (Lipinski definition) is 4. The minimum absolute atomic E-state index is 0.275. The summed E-state index contributed by atoms with van der Waals surface area (Å²) in [6.07, 6.45) is 3.21. The van der Waals surface area contributed by atoms with E-state index in [1.165, 1.54) is 19.1 Å². The first-order valence-electron chi connectivity index (χ1n) is 9.94. The van der Waals surface area contributed by atoms with E-state index in [9.17, 15) is 10.2 Å². The fourth-order valence-electron chi connectivity index (χ4n) is 4.85. The second-order valence-electron chi connectivity index (χ2n) is 8.36. The summed E-state index contributed by atoms with van der Waals surface area (Å²) in [7, 11) is 0. The first-order valence-corrected chi connectivity index (χ1v) is 9.94. The van der Waals surface area contributed by atoms with Crippen LogP contribution in [0.25, 0.3) is 11.2 Å². The first-order chi connectivity index (χ1) is 13.6. The van der Waals surface area contributed by atoms with E-state index in [1.807, 2.05) is 0 Å². The van der Waals surface area contributed by atoms with Crippen LogP contribution in [0.5, 0.6) is 0 Å². The zero-order valence-corrected chi connectivity index (χ0v) is 15.7. The van der Waals surface area contributed by atoms with E-state index < -0.39 is 24.5 Å². The van der Waals surface area contributed by atoms with Crippen molar-refractivity contribution in [2.24, 2.45) is 5.41 Å². The fraction of sp³-hybridized carbons (Fsp3) is 0.722. The van der Waals surface area contributed by atoms with Gasteiger partial charge in [-0.25, -0.2) is 15.0 Å². The Bertz CT molecular complexity index is 843. The molecular weight excluding hydrogens is 362 g/mol. The monoisotopic (exact) mass is 389 g/mol. The summed E-state index contributed by atoms with van der Waals surface area (Å²) in [5.74, 6) is 0.275. The van der Waals surface area contributed by atoms with E-state index in [0.717, 1.165) is 39.0 Å². The molecule has 0 bridgehead atoms. The summed E-state index contributed by atoms with van der Waals surface area (Å²) in [6, 6.07) is 0. The normalized spacial score (nSPS) is 33.2. The van der Waals surface area contributed by atoms with Gasteiger partial charge in [0.05, 0.1) is 6.33 Å². The summed E-state index contributed by atoms with van der Waals surface area (Å²) in [6.45, 7) is 4.82. The van der Waals surface area contributed by atoms with Gasteiger partial charge < -0.3 is 30.9 Å². The lowest BCUT2D eigenvalue weighted by Crippen LogP contribution is -2.46. The van der Waals surface area contributed by atoms with Crippen LogP contribution in [0, 0.1) is 5.41 Å². The predicted molar refractivity (Wildman–Crippen MR) is 101 cm³/mol. The number of piperidine rings is 1. The molecule has 3 fully saturated rings. The van der Waals surface area contributed by atoms with Crippen molar-refractivity contribution in [2.45, 2.75) is 43.8 Å². The number of likely N-dealkylation sites (tertiary alicyclic amines) is 1. The van der Waals surface area contributed by atoms with Gasteiger partial charge in [-0.2, -0.15) is 0 Å². The Labute approximate surface area is 162 Å². The van der Waals surface area contributed by atoms with Crippen molar-refractivity contribution in [1.29, 1.82) is 0 Å². The third-order valence-corrected chi connectivity index (χ3v) is 6.69. The molecule has 2 aromatic heterocycles.